The van der Waals surface area contributed by atoms with Gasteiger partial charge in [-0.1, -0.05) is 0 Å². The zero-order valence-electron chi connectivity index (χ0n) is 11.2. The highest BCUT2D eigenvalue weighted by Crippen LogP contribution is 2.00. The van der Waals surface area contributed by atoms with Crippen molar-refractivity contribution in [2.24, 2.45) is 0 Å². The van der Waals surface area contributed by atoms with Crippen molar-refractivity contribution >= 4 is 10.2 Å². The molecule has 0 aliphatic carbocycles. The van der Waals surface area contributed by atoms with Crippen LogP contribution in [0.1, 0.15) is 19.8 Å². The maximum Gasteiger partial charge on any atom is 0.279 e. The molecular formula is C10H25N3O3S. The second-order valence-electron chi connectivity index (χ2n) is 4.08. The highest BCUT2D eigenvalue weighted by atomic mass is 32.2. The smallest absolute Gasteiger partial charge is 0.279 e. The maximum atomic E-state index is 11.9. The fourth-order valence-corrected chi connectivity index (χ4v) is 2.47. The molecule has 0 aromatic carbocycles. The first-order valence-electron chi connectivity index (χ1n) is 5.81. The minimum absolute atomic E-state index is 0.119. The Bertz CT molecular complexity index is 283. The van der Waals surface area contributed by atoms with Crippen molar-refractivity contribution in [1.29, 1.82) is 0 Å². The minimum atomic E-state index is -3.37. The van der Waals surface area contributed by atoms with Crippen molar-refractivity contribution in [3.05, 3.63) is 0 Å². The maximum absolute atomic E-state index is 11.9. The Labute approximate surface area is 105 Å². The van der Waals surface area contributed by atoms with Gasteiger partial charge in [0, 0.05) is 33.4 Å². The average molecular weight is 267 g/mol. The molecule has 6 nitrogen and oxygen atoms in total. The van der Waals surface area contributed by atoms with Gasteiger partial charge in [-0.3, -0.25) is 0 Å². The lowest BCUT2D eigenvalue weighted by Gasteiger charge is -2.20. The molecule has 0 saturated carbocycles. The minimum Gasteiger partial charge on any atom is -0.385 e. The van der Waals surface area contributed by atoms with Crippen LogP contribution in [-0.4, -0.2) is 59.7 Å². The summed E-state index contributed by atoms with van der Waals surface area (Å²) in [5, 5.41) is 2.98. The van der Waals surface area contributed by atoms with Crippen LogP contribution >= 0.6 is 0 Å². The number of hydrogen-bond donors (Lipinski definition) is 2. The number of ether oxygens (including phenoxy) is 1. The predicted molar refractivity (Wildman–Crippen MR) is 69.2 cm³/mol. The zero-order chi connectivity index (χ0) is 13.3. The predicted octanol–water partition coefficient (Wildman–Crippen LogP) is -0.213. The Balaban J connectivity index is 4.07. The Kier molecular flexibility index (Phi) is 8.71. The topological polar surface area (TPSA) is 70.7 Å². The highest BCUT2D eigenvalue weighted by molar-refractivity contribution is 7.87. The van der Waals surface area contributed by atoms with E-state index in [2.05, 4.69) is 10.0 Å². The van der Waals surface area contributed by atoms with E-state index in [0.29, 0.717) is 19.6 Å². The molecule has 0 saturated heterocycles. The molecule has 0 aliphatic rings. The van der Waals surface area contributed by atoms with Gasteiger partial charge in [0.2, 0.25) is 0 Å². The SMILES string of the molecule is CNCCCN(C)S(=O)(=O)NC(C)CCOC. The van der Waals surface area contributed by atoms with Gasteiger partial charge in [-0.2, -0.15) is 17.4 Å². The summed E-state index contributed by atoms with van der Waals surface area (Å²) < 4.78 is 32.6. The molecule has 0 amide bonds. The summed E-state index contributed by atoms with van der Waals surface area (Å²) in [7, 11) is 1.66. The van der Waals surface area contributed by atoms with E-state index in [1.807, 2.05) is 14.0 Å². The summed E-state index contributed by atoms with van der Waals surface area (Å²) in [4.78, 5) is 0. The van der Waals surface area contributed by atoms with E-state index in [4.69, 9.17) is 4.74 Å². The summed E-state index contributed by atoms with van der Waals surface area (Å²) in [6.07, 6.45) is 1.46. The van der Waals surface area contributed by atoms with Crippen LogP contribution < -0.4 is 10.0 Å². The van der Waals surface area contributed by atoms with Gasteiger partial charge in [-0.25, -0.2) is 0 Å². The van der Waals surface area contributed by atoms with E-state index < -0.39 is 10.2 Å². The molecule has 17 heavy (non-hydrogen) atoms. The van der Waals surface area contributed by atoms with Crippen LogP contribution in [0.3, 0.4) is 0 Å². The van der Waals surface area contributed by atoms with Crippen molar-refractivity contribution in [1.82, 2.24) is 14.3 Å². The molecule has 0 heterocycles. The second-order valence-corrected chi connectivity index (χ2v) is 5.89. The first-order valence-corrected chi connectivity index (χ1v) is 7.25. The third-order valence-corrected chi connectivity index (χ3v) is 4.12. The normalized spacial score (nSPS) is 14.2. The summed E-state index contributed by atoms with van der Waals surface area (Å²) in [6.45, 7) is 3.69. The van der Waals surface area contributed by atoms with Gasteiger partial charge >= 0.3 is 0 Å². The molecule has 1 atom stereocenters. The summed E-state index contributed by atoms with van der Waals surface area (Å²) >= 11 is 0. The lowest BCUT2D eigenvalue weighted by molar-refractivity contribution is 0.187. The van der Waals surface area contributed by atoms with E-state index in [1.165, 1.54) is 4.31 Å². The quantitative estimate of drug-likeness (QED) is 0.537. The summed E-state index contributed by atoms with van der Waals surface area (Å²) in [5.74, 6) is 0. The standard InChI is InChI=1S/C10H25N3O3S/c1-10(6-9-16-4)12-17(14,15)13(3)8-5-7-11-2/h10-12H,5-9H2,1-4H3. The largest absolute Gasteiger partial charge is 0.385 e. The van der Waals surface area contributed by atoms with Gasteiger partial charge in [0.1, 0.15) is 0 Å². The molecule has 104 valence electrons. The van der Waals surface area contributed by atoms with Gasteiger partial charge in [0.15, 0.2) is 0 Å². The van der Waals surface area contributed by atoms with Gasteiger partial charge in [-0.15, -0.1) is 0 Å². The molecule has 0 aromatic rings. The van der Waals surface area contributed by atoms with Crippen molar-refractivity contribution in [2.45, 2.75) is 25.8 Å². The summed E-state index contributed by atoms with van der Waals surface area (Å²) in [5.41, 5.74) is 0. The molecule has 0 bridgehead atoms. The number of hydrogen-bond acceptors (Lipinski definition) is 4. The van der Waals surface area contributed by atoms with Crippen LogP contribution in [0, 0.1) is 0 Å². The Morgan fingerprint density at radius 3 is 2.59 bits per heavy atom. The van der Waals surface area contributed by atoms with Crippen LogP contribution in [0.25, 0.3) is 0 Å². The molecule has 0 aromatic heterocycles. The number of nitrogens with zero attached hydrogens (tertiary/aromatic N) is 1. The third kappa shape index (κ3) is 7.67. The molecule has 0 fully saturated rings. The molecule has 0 rings (SSSR count). The van der Waals surface area contributed by atoms with Crippen LogP contribution in [0.15, 0.2) is 0 Å². The monoisotopic (exact) mass is 267 g/mol. The Morgan fingerprint density at radius 2 is 2.06 bits per heavy atom. The van der Waals surface area contributed by atoms with E-state index >= 15 is 0 Å². The van der Waals surface area contributed by atoms with Gasteiger partial charge < -0.3 is 10.1 Å². The van der Waals surface area contributed by atoms with Crippen molar-refractivity contribution in [3.63, 3.8) is 0 Å². The fourth-order valence-electron chi connectivity index (χ4n) is 1.30. The first-order chi connectivity index (χ1) is 7.94. The van der Waals surface area contributed by atoms with Gasteiger partial charge in [0.25, 0.3) is 10.2 Å². The van der Waals surface area contributed by atoms with Gasteiger partial charge in [-0.05, 0) is 33.4 Å². The molecule has 0 radical (unpaired) electrons. The van der Waals surface area contributed by atoms with Crippen LogP contribution in [-0.2, 0) is 14.9 Å². The Hall–Kier alpha value is -0.210. The third-order valence-electron chi connectivity index (χ3n) is 2.42. The van der Waals surface area contributed by atoms with Crippen molar-refractivity contribution < 1.29 is 13.2 Å². The lowest BCUT2D eigenvalue weighted by atomic mass is 10.3. The second kappa shape index (κ2) is 8.82. The first kappa shape index (κ1) is 16.8. The number of nitrogens with one attached hydrogen (secondary N) is 2. The molecule has 0 aliphatic heterocycles. The van der Waals surface area contributed by atoms with Crippen molar-refractivity contribution in [3.8, 4) is 0 Å². The molecule has 1 unspecified atom stereocenters. The highest BCUT2D eigenvalue weighted by Gasteiger charge is 2.19. The fraction of sp³-hybridized carbons (Fsp3) is 1.00. The number of methoxy groups -OCH3 is 1. The van der Waals surface area contributed by atoms with E-state index in [1.54, 1.807) is 14.2 Å². The van der Waals surface area contributed by atoms with Crippen LogP contribution in [0.2, 0.25) is 0 Å². The lowest BCUT2D eigenvalue weighted by Crippen LogP contribution is -2.43. The number of rotatable bonds is 10. The van der Waals surface area contributed by atoms with Crippen molar-refractivity contribution in [2.75, 3.05) is 40.9 Å². The zero-order valence-corrected chi connectivity index (χ0v) is 12.0. The summed E-state index contributed by atoms with van der Waals surface area (Å²) in [6, 6.07) is -0.119. The average Bonchev–Trinajstić information content (AvgIpc) is 2.26. The van der Waals surface area contributed by atoms with Crippen LogP contribution in [0.5, 0.6) is 0 Å². The van der Waals surface area contributed by atoms with E-state index in [-0.39, 0.29) is 6.04 Å². The van der Waals surface area contributed by atoms with E-state index in [9.17, 15) is 8.42 Å². The molecule has 2 N–H and O–H groups in total. The van der Waals surface area contributed by atoms with E-state index in [0.717, 1.165) is 13.0 Å². The Morgan fingerprint density at radius 1 is 1.41 bits per heavy atom. The van der Waals surface area contributed by atoms with Gasteiger partial charge in [0.05, 0.1) is 0 Å². The molecule has 7 heteroatoms. The molecular weight excluding hydrogens is 242 g/mol. The molecule has 0 spiro atoms. The van der Waals surface area contributed by atoms with Crippen LogP contribution in [0.4, 0.5) is 0 Å².